The Bertz CT molecular complexity index is 837. The van der Waals surface area contributed by atoms with E-state index in [0.717, 1.165) is 61.8 Å². The molecule has 0 radical (unpaired) electrons. The van der Waals surface area contributed by atoms with E-state index in [4.69, 9.17) is 4.74 Å². The van der Waals surface area contributed by atoms with E-state index < -0.39 is 0 Å². The molecule has 1 aliphatic heterocycles. The maximum atomic E-state index is 5.40. The number of aryl methyl sites for hydroxylation is 1. The molecule has 1 atom stereocenters. The van der Waals surface area contributed by atoms with Crippen LogP contribution in [0.1, 0.15) is 24.4 Å². The van der Waals surface area contributed by atoms with Gasteiger partial charge in [0, 0.05) is 57.7 Å². The summed E-state index contributed by atoms with van der Waals surface area (Å²) >= 11 is 1.50. The standard InChI is InChI=1S/C21H33N7OS.HI/c1-6-19-24-21(30-25-19)28-12-10-27(11-13-28)20(22-2)23-15-18(26(3)4)16-8-7-9-17(14-16)29-5;/h7-9,14,18H,6,10-13,15H2,1-5H3,(H,22,23);1H. The van der Waals surface area contributed by atoms with Gasteiger partial charge in [-0.3, -0.25) is 4.99 Å². The topological polar surface area (TPSA) is 69.1 Å². The number of nitrogens with one attached hydrogen (secondary N) is 1. The Morgan fingerprint density at radius 3 is 2.61 bits per heavy atom. The molecule has 0 amide bonds. The molecule has 2 aromatic rings. The number of anilines is 1. The van der Waals surface area contributed by atoms with E-state index >= 15 is 0 Å². The predicted octanol–water partition coefficient (Wildman–Crippen LogP) is 2.73. The summed E-state index contributed by atoms with van der Waals surface area (Å²) < 4.78 is 9.81. The first-order valence-electron chi connectivity index (χ1n) is 10.4. The number of likely N-dealkylation sites (N-methyl/N-ethyl adjacent to an activating group) is 1. The van der Waals surface area contributed by atoms with Crippen molar-refractivity contribution in [1.29, 1.82) is 0 Å². The van der Waals surface area contributed by atoms with E-state index in [0.29, 0.717) is 0 Å². The summed E-state index contributed by atoms with van der Waals surface area (Å²) in [6.45, 7) is 6.52. The number of nitrogens with zero attached hydrogens (tertiary/aromatic N) is 6. The summed E-state index contributed by atoms with van der Waals surface area (Å²) in [6, 6.07) is 8.47. The highest BCUT2D eigenvalue weighted by Gasteiger charge is 2.23. The lowest BCUT2D eigenvalue weighted by atomic mass is 10.1. The molecule has 10 heteroatoms. The van der Waals surface area contributed by atoms with E-state index in [-0.39, 0.29) is 30.0 Å². The molecule has 1 fully saturated rings. The van der Waals surface area contributed by atoms with Crippen LogP contribution in [0.25, 0.3) is 0 Å². The zero-order chi connectivity index (χ0) is 21.5. The lowest BCUT2D eigenvalue weighted by Crippen LogP contribution is -2.53. The molecule has 0 saturated carbocycles. The maximum Gasteiger partial charge on any atom is 0.205 e. The average molecular weight is 560 g/mol. The minimum Gasteiger partial charge on any atom is -0.497 e. The van der Waals surface area contributed by atoms with Crippen molar-refractivity contribution >= 4 is 46.6 Å². The third kappa shape index (κ3) is 6.66. The molecule has 1 aromatic heterocycles. The largest absolute Gasteiger partial charge is 0.497 e. The molecule has 31 heavy (non-hydrogen) atoms. The van der Waals surface area contributed by atoms with Gasteiger partial charge in [0.25, 0.3) is 0 Å². The van der Waals surface area contributed by atoms with Gasteiger partial charge in [-0.15, -0.1) is 24.0 Å². The molecule has 1 aromatic carbocycles. The first-order valence-corrected chi connectivity index (χ1v) is 11.2. The number of ether oxygens (including phenoxy) is 1. The fraction of sp³-hybridized carbons (Fsp3) is 0.571. The van der Waals surface area contributed by atoms with Crippen LogP contribution in [-0.2, 0) is 6.42 Å². The summed E-state index contributed by atoms with van der Waals surface area (Å²) in [6.07, 6.45) is 0.882. The maximum absolute atomic E-state index is 5.40. The fourth-order valence-corrected chi connectivity index (χ4v) is 4.40. The normalized spacial score (nSPS) is 15.6. The lowest BCUT2D eigenvalue weighted by molar-refractivity contribution is 0.291. The highest BCUT2D eigenvalue weighted by molar-refractivity contribution is 14.0. The minimum absolute atomic E-state index is 0. The Balaban J connectivity index is 0.00000341. The molecule has 3 rings (SSSR count). The van der Waals surface area contributed by atoms with Gasteiger partial charge in [0.05, 0.1) is 13.2 Å². The number of rotatable bonds is 7. The van der Waals surface area contributed by atoms with Gasteiger partial charge >= 0.3 is 0 Å². The number of benzene rings is 1. The van der Waals surface area contributed by atoms with Crippen LogP contribution in [0.2, 0.25) is 0 Å². The van der Waals surface area contributed by atoms with Crippen molar-refractivity contribution < 1.29 is 4.74 Å². The molecule has 8 nitrogen and oxygen atoms in total. The zero-order valence-corrected chi connectivity index (χ0v) is 22.2. The van der Waals surface area contributed by atoms with Gasteiger partial charge in [-0.1, -0.05) is 19.1 Å². The number of hydrogen-bond donors (Lipinski definition) is 1. The van der Waals surface area contributed by atoms with Crippen LogP contribution >= 0.6 is 35.5 Å². The Labute approximate surface area is 206 Å². The number of guanidine groups is 1. The number of hydrogen-bond acceptors (Lipinski definition) is 7. The van der Waals surface area contributed by atoms with Crippen molar-refractivity contribution in [3.8, 4) is 5.75 Å². The SMILES string of the molecule is CCc1nsc(N2CCN(C(=NC)NCC(c3cccc(OC)c3)N(C)C)CC2)n1.I. The molecule has 0 bridgehead atoms. The summed E-state index contributed by atoms with van der Waals surface area (Å²) in [5.41, 5.74) is 1.22. The Kier molecular flexibility index (Phi) is 10.2. The molecular weight excluding hydrogens is 525 g/mol. The predicted molar refractivity (Wildman–Crippen MR) is 139 cm³/mol. The van der Waals surface area contributed by atoms with Crippen molar-refractivity contribution in [2.45, 2.75) is 19.4 Å². The smallest absolute Gasteiger partial charge is 0.205 e. The van der Waals surface area contributed by atoms with Gasteiger partial charge in [0.1, 0.15) is 11.6 Å². The van der Waals surface area contributed by atoms with Gasteiger partial charge in [-0.25, -0.2) is 4.98 Å². The molecule has 2 heterocycles. The van der Waals surface area contributed by atoms with E-state index in [1.807, 2.05) is 19.2 Å². The number of aromatic nitrogens is 2. The highest BCUT2D eigenvalue weighted by atomic mass is 127. The van der Waals surface area contributed by atoms with Gasteiger partial charge in [0.15, 0.2) is 5.96 Å². The Morgan fingerprint density at radius 2 is 2.03 bits per heavy atom. The highest BCUT2D eigenvalue weighted by Crippen LogP contribution is 2.22. The Morgan fingerprint density at radius 1 is 1.29 bits per heavy atom. The molecule has 0 spiro atoms. The first-order chi connectivity index (χ1) is 14.5. The van der Waals surface area contributed by atoms with Crippen LogP contribution < -0.4 is 15.0 Å². The van der Waals surface area contributed by atoms with Gasteiger partial charge in [0.2, 0.25) is 5.13 Å². The van der Waals surface area contributed by atoms with Crippen LogP contribution in [0.15, 0.2) is 29.3 Å². The van der Waals surface area contributed by atoms with Crippen LogP contribution in [0, 0.1) is 0 Å². The number of piperazine rings is 1. The first kappa shape index (κ1) is 25.6. The quantitative estimate of drug-likeness (QED) is 0.318. The zero-order valence-electron chi connectivity index (χ0n) is 19.0. The summed E-state index contributed by atoms with van der Waals surface area (Å²) in [7, 11) is 7.75. The molecule has 0 aliphatic carbocycles. The third-order valence-electron chi connectivity index (χ3n) is 5.39. The van der Waals surface area contributed by atoms with Crippen LogP contribution in [0.3, 0.4) is 0 Å². The molecule has 172 valence electrons. The van der Waals surface area contributed by atoms with Crippen molar-refractivity contribution in [2.75, 3.05) is 65.9 Å². The molecular formula is C21H34IN7OS. The fourth-order valence-electron chi connectivity index (χ4n) is 3.59. The monoisotopic (exact) mass is 559 g/mol. The van der Waals surface area contributed by atoms with E-state index in [2.05, 4.69) is 67.5 Å². The van der Waals surface area contributed by atoms with E-state index in [9.17, 15) is 0 Å². The second kappa shape index (κ2) is 12.4. The average Bonchev–Trinajstić information content (AvgIpc) is 3.26. The van der Waals surface area contributed by atoms with Gasteiger partial charge < -0.3 is 24.8 Å². The van der Waals surface area contributed by atoms with E-state index in [1.54, 1.807) is 7.11 Å². The molecule has 1 unspecified atom stereocenters. The summed E-state index contributed by atoms with van der Waals surface area (Å²) in [4.78, 5) is 16.0. The van der Waals surface area contributed by atoms with Crippen LogP contribution in [-0.4, -0.2) is 86.1 Å². The number of methoxy groups -OCH3 is 1. The van der Waals surface area contributed by atoms with Gasteiger partial charge in [-0.05, 0) is 31.8 Å². The number of halogens is 1. The third-order valence-corrected chi connectivity index (χ3v) is 6.21. The molecule has 1 aliphatic rings. The van der Waals surface area contributed by atoms with Crippen molar-refractivity contribution in [3.63, 3.8) is 0 Å². The molecule has 1 N–H and O–H groups in total. The second-order valence-electron chi connectivity index (χ2n) is 7.50. The summed E-state index contributed by atoms with van der Waals surface area (Å²) in [5, 5.41) is 4.60. The molecule has 1 saturated heterocycles. The minimum atomic E-state index is 0. The second-order valence-corrected chi connectivity index (χ2v) is 8.24. The van der Waals surface area contributed by atoms with Crippen molar-refractivity contribution in [1.82, 2.24) is 24.5 Å². The van der Waals surface area contributed by atoms with Crippen LogP contribution in [0.5, 0.6) is 5.75 Å². The van der Waals surface area contributed by atoms with Gasteiger partial charge in [-0.2, -0.15) is 4.37 Å². The number of aliphatic imine (C=N–C) groups is 1. The Hall–Kier alpha value is -1.66. The lowest BCUT2D eigenvalue weighted by Gasteiger charge is -2.37. The van der Waals surface area contributed by atoms with Crippen molar-refractivity contribution in [3.05, 3.63) is 35.7 Å². The summed E-state index contributed by atoms with van der Waals surface area (Å²) in [5.74, 6) is 2.75. The van der Waals surface area contributed by atoms with E-state index in [1.165, 1.54) is 17.1 Å². The van der Waals surface area contributed by atoms with Crippen LogP contribution in [0.4, 0.5) is 5.13 Å². The van der Waals surface area contributed by atoms with Crippen molar-refractivity contribution in [2.24, 2.45) is 4.99 Å².